The van der Waals surface area contributed by atoms with Crippen molar-refractivity contribution in [3.8, 4) is 0 Å². The number of halogens is 1. The third-order valence-corrected chi connectivity index (χ3v) is 4.75. The van der Waals surface area contributed by atoms with Gasteiger partial charge in [-0.25, -0.2) is 9.78 Å². The lowest BCUT2D eigenvalue weighted by Crippen LogP contribution is -2.30. The minimum absolute atomic E-state index is 0.165. The fourth-order valence-electron chi connectivity index (χ4n) is 3.28. The fraction of sp³-hybridized carbons (Fsp3) is 0.381. The molecule has 28 heavy (non-hydrogen) atoms. The van der Waals surface area contributed by atoms with Crippen LogP contribution >= 0.6 is 11.6 Å². The molecule has 0 aliphatic carbocycles. The number of hydrogen-bond donors (Lipinski definition) is 1. The van der Waals surface area contributed by atoms with E-state index in [9.17, 15) is 9.90 Å². The first kappa shape index (κ1) is 20.1. The normalized spacial score (nSPS) is 12.0. The number of fused-ring (bicyclic) bond motifs is 1. The lowest BCUT2D eigenvalue weighted by molar-refractivity contribution is 0.201. The van der Waals surface area contributed by atoms with Crippen LogP contribution in [0.25, 0.3) is 5.65 Å². The van der Waals surface area contributed by atoms with Crippen LogP contribution in [-0.4, -0.2) is 25.8 Å². The second-order valence-corrected chi connectivity index (χ2v) is 8.58. The van der Waals surface area contributed by atoms with Crippen molar-refractivity contribution < 1.29 is 9.90 Å². The molecule has 0 bridgehead atoms. The number of carboxylic acid groups (broad SMARTS) is 1. The quantitative estimate of drug-likeness (QED) is 0.588. The van der Waals surface area contributed by atoms with Crippen LogP contribution in [-0.2, 0) is 12.0 Å². The van der Waals surface area contributed by atoms with Gasteiger partial charge in [-0.15, -0.1) is 0 Å². The van der Waals surface area contributed by atoms with E-state index in [0.717, 1.165) is 16.8 Å². The van der Waals surface area contributed by atoms with E-state index in [0.29, 0.717) is 11.5 Å². The van der Waals surface area contributed by atoms with Gasteiger partial charge in [0.1, 0.15) is 11.0 Å². The van der Waals surface area contributed by atoms with Crippen molar-refractivity contribution in [3.63, 3.8) is 0 Å². The van der Waals surface area contributed by atoms with Crippen molar-refractivity contribution in [3.05, 3.63) is 58.4 Å². The lowest BCUT2D eigenvalue weighted by atomic mass is 9.86. The first-order valence-corrected chi connectivity index (χ1v) is 9.61. The van der Waals surface area contributed by atoms with Gasteiger partial charge < -0.3 is 5.11 Å². The van der Waals surface area contributed by atoms with E-state index in [4.69, 9.17) is 16.7 Å². The van der Waals surface area contributed by atoms with Crippen molar-refractivity contribution in [1.82, 2.24) is 14.6 Å². The molecule has 3 aromatic rings. The third-order valence-electron chi connectivity index (χ3n) is 4.55. The van der Waals surface area contributed by atoms with Crippen molar-refractivity contribution in [2.24, 2.45) is 0 Å². The number of rotatable bonds is 4. The average molecular weight is 401 g/mol. The van der Waals surface area contributed by atoms with Crippen LogP contribution in [0.15, 0.2) is 36.4 Å². The zero-order valence-corrected chi connectivity index (χ0v) is 17.5. The Morgan fingerprint density at radius 2 is 1.89 bits per heavy atom. The highest BCUT2D eigenvalue weighted by Crippen LogP contribution is 2.35. The van der Waals surface area contributed by atoms with Gasteiger partial charge in [-0.05, 0) is 11.5 Å². The van der Waals surface area contributed by atoms with E-state index in [-0.39, 0.29) is 23.0 Å². The van der Waals surface area contributed by atoms with Crippen LogP contribution < -0.4 is 4.90 Å². The van der Waals surface area contributed by atoms with Crippen LogP contribution in [0.5, 0.6) is 0 Å². The standard InChI is InChI=1S/C21H25ClN4O2/c1-13(2)17-18(21(3,4)5)24-26-16(11-15(22)23-19(17)26)25(20(27)28)12-14-9-7-6-8-10-14/h6-11,13H,12H2,1-5H3,(H,27,28). The average Bonchev–Trinajstić information content (AvgIpc) is 2.99. The van der Waals surface area contributed by atoms with E-state index >= 15 is 0 Å². The first-order chi connectivity index (χ1) is 13.1. The van der Waals surface area contributed by atoms with Crippen LogP contribution in [0, 0.1) is 0 Å². The van der Waals surface area contributed by atoms with Gasteiger partial charge in [0.15, 0.2) is 5.65 Å². The number of carbonyl (C=O) groups is 1. The summed E-state index contributed by atoms with van der Waals surface area (Å²) >= 11 is 6.30. The number of amides is 1. The summed E-state index contributed by atoms with van der Waals surface area (Å²) in [7, 11) is 0. The minimum atomic E-state index is -1.08. The highest BCUT2D eigenvalue weighted by Gasteiger charge is 2.29. The van der Waals surface area contributed by atoms with Crippen LogP contribution in [0.3, 0.4) is 0 Å². The number of hydrogen-bond acceptors (Lipinski definition) is 3. The zero-order valence-electron chi connectivity index (χ0n) is 16.8. The molecule has 148 valence electrons. The molecule has 1 aromatic carbocycles. The van der Waals surface area contributed by atoms with Gasteiger partial charge in [-0.1, -0.05) is 76.6 Å². The SMILES string of the molecule is CC(C)c1c(C(C)(C)C)nn2c(N(Cc3ccccc3)C(=O)O)cc(Cl)nc12. The molecule has 0 spiro atoms. The summed E-state index contributed by atoms with van der Waals surface area (Å²) in [6, 6.07) is 11.0. The lowest BCUT2D eigenvalue weighted by Gasteiger charge is -2.20. The molecule has 0 radical (unpaired) electrons. The van der Waals surface area contributed by atoms with Crippen molar-refractivity contribution in [2.75, 3.05) is 4.90 Å². The Morgan fingerprint density at radius 3 is 2.43 bits per heavy atom. The second kappa shape index (κ2) is 7.43. The summed E-state index contributed by atoms with van der Waals surface area (Å²) < 4.78 is 1.61. The highest BCUT2D eigenvalue weighted by atomic mass is 35.5. The van der Waals surface area contributed by atoms with E-state index in [1.165, 1.54) is 4.90 Å². The van der Waals surface area contributed by atoms with Crippen LogP contribution in [0.2, 0.25) is 5.15 Å². The molecule has 0 aliphatic rings. The summed E-state index contributed by atoms with van der Waals surface area (Å²) in [4.78, 5) is 17.8. The van der Waals surface area contributed by atoms with Gasteiger partial charge in [-0.2, -0.15) is 9.61 Å². The van der Waals surface area contributed by atoms with Crippen LogP contribution in [0.1, 0.15) is 57.4 Å². The molecule has 0 fully saturated rings. The van der Waals surface area contributed by atoms with Crippen molar-refractivity contribution >= 4 is 29.2 Å². The molecule has 0 aliphatic heterocycles. The Bertz CT molecular complexity index is 1010. The molecule has 1 N–H and O–H groups in total. The van der Waals surface area contributed by atoms with Gasteiger partial charge in [0.25, 0.3) is 0 Å². The first-order valence-electron chi connectivity index (χ1n) is 9.23. The van der Waals surface area contributed by atoms with Gasteiger partial charge in [0.05, 0.1) is 12.2 Å². The third kappa shape index (κ3) is 3.83. The smallest absolute Gasteiger partial charge is 0.413 e. The maximum absolute atomic E-state index is 12.1. The van der Waals surface area contributed by atoms with Crippen LogP contribution in [0.4, 0.5) is 10.6 Å². The predicted molar refractivity (Wildman–Crippen MR) is 111 cm³/mol. The Balaban J connectivity index is 2.26. The monoisotopic (exact) mass is 400 g/mol. The minimum Gasteiger partial charge on any atom is -0.465 e. The summed E-state index contributed by atoms with van der Waals surface area (Å²) in [5.41, 5.74) is 3.13. The molecular weight excluding hydrogens is 376 g/mol. The van der Waals surface area contributed by atoms with E-state index in [1.807, 2.05) is 30.3 Å². The number of benzene rings is 1. The second-order valence-electron chi connectivity index (χ2n) is 8.19. The fourth-order valence-corrected chi connectivity index (χ4v) is 3.46. The molecule has 0 atom stereocenters. The molecule has 2 heterocycles. The maximum Gasteiger partial charge on any atom is 0.413 e. The molecule has 0 saturated carbocycles. The highest BCUT2D eigenvalue weighted by molar-refractivity contribution is 6.29. The molecular formula is C21H25ClN4O2. The predicted octanol–water partition coefficient (Wildman–Crippen LogP) is 5.49. The van der Waals surface area contributed by atoms with Gasteiger partial charge in [-0.3, -0.25) is 4.90 Å². The van der Waals surface area contributed by atoms with Crippen molar-refractivity contribution in [2.45, 2.75) is 52.5 Å². The maximum atomic E-state index is 12.1. The van der Waals surface area contributed by atoms with Gasteiger partial charge >= 0.3 is 6.09 Å². The number of anilines is 1. The molecule has 6 nitrogen and oxygen atoms in total. The Labute approximate surface area is 169 Å². The van der Waals surface area contributed by atoms with Gasteiger partial charge in [0, 0.05) is 17.0 Å². The van der Waals surface area contributed by atoms with E-state index in [2.05, 4.69) is 39.6 Å². The zero-order chi connectivity index (χ0) is 20.6. The molecule has 0 saturated heterocycles. The molecule has 7 heteroatoms. The van der Waals surface area contributed by atoms with Gasteiger partial charge in [0.2, 0.25) is 0 Å². The molecule has 3 rings (SSSR count). The molecule has 1 amide bonds. The Hall–Kier alpha value is -2.60. The number of nitrogens with zero attached hydrogens (tertiary/aromatic N) is 4. The Morgan fingerprint density at radius 1 is 1.25 bits per heavy atom. The van der Waals surface area contributed by atoms with Crippen molar-refractivity contribution in [1.29, 1.82) is 0 Å². The summed E-state index contributed by atoms with van der Waals surface area (Å²) in [5.74, 6) is 0.543. The Kier molecular flexibility index (Phi) is 5.35. The van der Waals surface area contributed by atoms with E-state index in [1.54, 1.807) is 10.6 Å². The summed E-state index contributed by atoms with van der Waals surface area (Å²) in [5, 5.41) is 14.9. The molecule has 0 unspecified atom stereocenters. The molecule has 2 aromatic heterocycles. The largest absolute Gasteiger partial charge is 0.465 e. The van der Waals surface area contributed by atoms with E-state index < -0.39 is 6.09 Å². The summed E-state index contributed by atoms with van der Waals surface area (Å²) in [6.07, 6.45) is -1.08. The summed E-state index contributed by atoms with van der Waals surface area (Å²) in [6.45, 7) is 10.6. The topological polar surface area (TPSA) is 70.7 Å². The number of aromatic nitrogens is 3.